The maximum atomic E-state index is 10.6. The van der Waals surface area contributed by atoms with Gasteiger partial charge in [-0.15, -0.1) is 0 Å². The van der Waals surface area contributed by atoms with Crippen molar-refractivity contribution in [3.05, 3.63) is 29.3 Å². The average Bonchev–Trinajstić information content (AvgIpc) is 2.16. The molecule has 1 rings (SSSR count). The van der Waals surface area contributed by atoms with Crippen molar-refractivity contribution >= 4 is 11.7 Å². The number of aliphatic hydroxyl groups excluding tert-OH is 1. The maximum absolute atomic E-state index is 10.6. The first-order chi connectivity index (χ1) is 6.65. The molecule has 0 aromatic heterocycles. The van der Waals surface area contributed by atoms with Crippen molar-refractivity contribution in [3.63, 3.8) is 0 Å². The summed E-state index contributed by atoms with van der Waals surface area (Å²) in [6.45, 7) is -0.281. The normalized spacial score (nSPS) is 8.93. The van der Waals surface area contributed by atoms with E-state index in [2.05, 4.69) is 11.8 Å². The Kier molecular flexibility index (Phi) is 3.10. The van der Waals surface area contributed by atoms with Crippen LogP contribution >= 0.6 is 0 Å². The highest BCUT2D eigenvalue weighted by atomic mass is 16.4. The molecule has 0 saturated heterocycles. The number of benzene rings is 1. The van der Waals surface area contributed by atoms with Gasteiger partial charge in [0.15, 0.2) is 0 Å². The van der Waals surface area contributed by atoms with Crippen LogP contribution in [0.3, 0.4) is 0 Å². The molecule has 0 atom stereocenters. The summed E-state index contributed by atoms with van der Waals surface area (Å²) in [7, 11) is 0. The van der Waals surface area contributed by atoms with Crippen LogP contribution in [0.5, 0.6) is 0 Å². The lowest BCUT2D eigenvalue weighted by molar-refractivity contribution is 0.0697. The molecule has 1 aromatic rings. The lowest BCUT2D eigenvalue weighted by Gasteiger charge is -1.99. The van der Waals surface area contributed by atoms with E-state index in [4.69, 9.17) is 15.9 Å². The average molecular weight is 191 g/mol. The van der Waals surface area contributed by atoms with Crippen molar-refractivity contribution in [3.8, 4) is 11.8 Å². The Balaban J connectivity index is 3.14. The molecule has 0 spiro atoms. The molecule has 4 heteroatoms. The molecule has 0 heterocycles. The molecule has 0 unspecified atom stereocenters. The first-order valence-electron chi connectivity index (χ1n) is 3.87. The van der Waals surface area contributed by atoms with Gasteiger partial charge >= 0.3 is 5.97 Å². The van der Waals surface area contributed by atoms with Gasteiger partial charge in [-0.3, -0.25) is 0 Å². The van der Waals surface area contributed by atoms with Crippen LogP contribution in [0.2, 0.25) is 0 Å². The number of aromatic carboxylic acids is 1. The van der Waals surface area contributed by atoms with Crippen LogP contribution in [-0.2, 0) is 0 Å². The standard InChI is InChI=1S/C10H9NO3/c11-9-4-3-8(10(13)14)6-7(9)2-1-5-12/h3-4,6,12H,5,11H2,(H,13,14). The van der Waals surface area contributed by atoms with Gasteiger partial charge in [0.25, 0.3) is 0 Å². The predicted octanol–water partition coefficient (Wildman–Crippen LogP) is 0.311. The van der Waals surface area contributed by atoms with Crippen LogP contribution in [0.15, 0.2) is 18.2 Å². The van der Waals surface area contributed by atoms with Gasteiger partial charge in [0, 0.05) is 11.3 Å². The van der Waals surface area contributed by atoms with E-state index in [1.54, 1.807) is 0 Å². The molecule has 0 amide bonds. The Morgan fingerprint density at radius 1 is 1.50 bits per heavy atom. The summed E-state index contributed by atoms with van der Waals surface area (Å²) >= 11 is 0. The van der Waals surface area contributed by atoms with Gasteiger partial charge < -0.3 is 15.9 Å². The van der Waals surface area contributed by atoms with Gasteiger partial charge in [-0.2, -0.15) is 0 Å². The summed E-state index contributed by atoms with van der Waals surface area (Å²) in [6.07, 6.45) is 0. The Morgan fingerprint density at radius 3 is 2.79 bits per heavy atom. The van der Waals surface area contributed by atoms with Crippen LogP contribution < -0.4 is 5.73 Å². The SMILES string of the molecule is Nc1ccc(C(=O)O)cc1C#CCO. The fourth-order valence-electron chi connectivity index (χ4n) is 0.932. The van der Waals surface area contributed by atoms with Gasteiger partial charge in [0.05, 0.1) is 5.56 Å². The minimum Gasteiger partial charge on any atom is -0.478 e. The molecule has 4 N–H and O–H groups in total. The molecule has 0 bridgehead atoms. The second-order valence-electron chi connectivity index (χ2n) is 2.57. The minimum atomic E-state index is -1.03. The van der Waals surface area contributed by atoms with Crippen molar-refractivity contribution < 1.29 is 15.0 Å². The molecule has 72 valence electrons. The second kappa shape index (κ2) is 4.30. The van der Waals surface area contributed by atoms with E-state index >= 15 is 0 Å². The summed E-state index contributed by atoms with van der Waals surface area (Å²) in [5.41, 5.74) is 6.49. The lowest BCUT2D eigenvalue weighted by Crippen LogP contribution is -1.99. The summed E-state index contributed by atoms with van der Waals surface area (Å²) in [6, 6.07) is 4.26. The lowest BCUT2D eigenvalue weighted by atomic mass is 10.1. The van der Waals surface area contributed by atoms with Crippen molar-refractivity contribution in [2.75, 3.05) is 12.3 Å². The molecule has 0 aliphatic heterocycles. The molecule has 0 radical (unpaired) electrons. The third-order valence-corrected chi connectivity index (χ3v) is 1.60. The Labute approximate surface area is 81.0 Å². The molecular formula is C10H9NO3. The number of carbonyl (C=O) groups is 1. The number of anilines is 1. The number of aliphatic hydroxyl groups is 1. The molecule has 14 heavy (non-hydrogen) atoms. The predicted molar refractivity (Wildman–Crippen MR) is 51.8 cm³/mol. The van der Waals surface area contributed by atoms with Gasteiger partial charge in [-0.25, -0.2) is 4.79 Å². The van der Waals surface area contributed by atoms with Crippen LogP contribution in [-0.4, -0.2) is 22.8 Å². The number of nitrogen functional groups attached to an aromatic ring is 1. The number of nitrogens with two attached hydrogens (primary N) is 1. The van der Waals surface area contributed by atoms with E-state index in [1.807, 2.05) is 0 Å². The fourth-order valence-corrected chi connectivity index (χ4v) is 0.932. The van der Waals surface area contributed by atoms with Crippen molar-refractivity contribution in [1.82, 2.24) is 0 Å². The second-order valence-corrected chi connectivity index (χ2v) is 2.57. The maximum Gasteiger partial charge on any atom is 0.335 e. The zero-order valence-corrected chi connectivity index (χ0v) is 7.32. The van der Waals surface area contributed by atoms with E-state index in [9.17, 15) is 4.79 Å². The molecular weight excluding hydrogens is 182 g/mol. The third kappa shape index (κ3) is 2.25. The zero-order chi connectivity index (χ0) is 10.6. The smallest absolute Gasteiger partial charge is 0.335 e. The first kappa shape index (κ1) is 10.1. The highest BCUT2D eigenvalue weighted by molar-refractivity contribution is 5.88. The van der Waals surface area contributed by atoms with E-state index in [0.717, 1.165) is 0 Å². The number of rotatable bonds is 1. The number of hydrogen-bond donors (Lipinski definition) is 3. The van der Waals surface area contributed by atoms with Crippen molar-refractivity contribution in [2.24, 2.45) is 0 Å². The zero-order valence-electron chi connectivity index (χ0n) is 7.32. The van der Waals surface area contributed by atoms with E-state index < -0.39 is 5.97 Å². The number of hydrogen-bond acceptors (Lipinski definition) is 3. The molecule has 1 aromatic carbocycles. The fraction of sp³-hybridized carbons (Fsp3) is 0.100. The van der Waals surface area contributed by atoms with Gasteiger partial charge in [-0.1, -0.05) is 11.8 Å². The Hall–Kier alpha value is -1.99. The van der Waals surface area contributed by atoms with E-state index in [-0.39, 0.29) is 12.2 Å². The van der Waals surface area contributed by atoms with Gasteiger partial charge in [0.2, 0.25) is 0 Å². The largest absolute Gasteiger partial charge is 0.478 e. The first-order valence-corrected chi connectivity index (χ1v) is 3.87. The van der Waals surface area contributed by atoms with Gasteiger partial charge in [0.1, 0.15) is 6.61 Å². The van der Waals surface area contributed by atoms with Crippen molar-refractivity contribution in [1.29, 1.82) is 0 Å². The van der Waals surface area contributed by atoms with Crippen molar-refractivity contribution in [2.45, 2.75) is 0 Å². The highest BCUT2D eigenvalue weighted by Crippen LogP contribution is 2.12. The van der Waals surface area contributed by atoms with Crippen LogP contribution in [0.25, 0.3) is 0 Å². The summed E-state index contributed by atoms with van der Waals surface area (Å²) in [4.78, 5) is 10.6. The van der Waals surface area contributed by atoms with Crippen LogP contribution in [0, 0.1) is 11.8 Å². The molecule has 0 saturated carbocycles. The van der Waals surface area contributed by atoms with Crippen LogP contribution in [0.4, 0.5) is 5.69 Å². The summed E-state index contributed by atoms with van der Waals surface area (Å²) < 4.78 is 0. The van der Waals surface area contributed by atoms with Crippen LogP contribution in [0.1, 0.15) is 15.9 Å². The Morgan fingerprint density at radius 2 is 2.21 bits per heavy atom. The number of carboxylic acids is 1. The minimum absolute atomic E-state index is 0.126. The summed E-state index contributed by atoms with van der Waals surface area (Å²) in [5.74, 6) is 3.94. The topological polar surface area (TPSA) is 83.6 Å². The third-order valence-electron chi connectivity index (χ3n) is 1.60. The highest BCUT2D eigenvalue weighted by Gasteiger charge is 2.04. The molecule has 0 aliphatic rings. The quantitative estimate of drug-likeness (QED) is 0.440. The van der Waals surface area contributed by atoms with E-state index in [1.165, 1.54) is 18.2 Å². The monoisotopic (exact) mass is 191 g/mol. The van der Waals surface area contributed by atoms with E-state index in [0.29, 0.717) is 11.3 Å². The number of carboxylic acid groups (broad SMARTS) is 1. The molecule has 0 aliphatic carbocycles. The molecule has 0 fully saturated rings. The van der Waals surface area contributed by atoms with Gasteiger partial charge in [-0.05, 0) is 18.2 Å². The summed E-state index contributed by atoms with van der Waals surface area (Å²) in [5, 5.41) is 17.2. The Bertz CT molecular complexity index is 415. The molecule has 4 nitrogen and oxygen atoms in total.